The number of aliphatic hydroxyl groups is 2. The summed E-state index contributed by atoms with van der Waals surface area (Å²) in [5, 5.41) is 28.5. The normalized spacial score (nSPS) is 14.2. The molecule has 3 aromatic rings. The van der Waals surface area contributed by atoms with Gasteiger partial charge in [0, 0.05) is 11.6 Å². The quantitative estimate of drug-likeness (QED) is 0.231. The van der Waals surface area contributed by atoms with Crippen molar-refractivity contribution in [2.75, 3.05) is 23.4 Å². The highest BCUT2D eigenvalue weighted by atomic mass is 28.4. The van der Waals surface area contributed by atoms with E-state index in [-0.39, 0.29) is 24.1 Å². The van der Waals surface area contributed by atoms with Crippen LogP contribution in [-0.2, 0) is 15.7 Å². The highest BCUT2D eigenvalue weighted by Crippen LogP contribution is 2.37. The minimum Gasteiger partial charge on any atom is -0.443 e. The molecule has 0 radical (unpaired) electrons. The molecule has 2 atom stereocenters. The van der Waals surface area contributed by atoms with Crippen LogP contribution < -0.4 is 10.2 Å². The zero-order valence-corrected chi connectivity index (χ0v) is 27.8. The monoisotopic (exact) mass is 599 g/mol. The second-order valence-corrected chi connectivity index (χ2v) is 18.4. The Bertz CT molecular complexity index is 1330. The van der Waals surface area contributed by atoms with Crippen molar-refractivity contribution in [2.45, 2.75) is 104 Å². The molecule has 0 unspecified atom stereocenters. The number of fused-ring (bicyclic) bond motifs is 1. The second kappa shape index (κ2) is 13.1. The topological polar surface area (TPSA) is 121 Å². The van der Waals surface area contributed by atoms with Crippen LogP contribution in [0.3, 0.4) is 0 Å². The zero-order chi connectivity index (χ0) is 31.5. The molecule has 1 aromatic carbocycles. The van der Waals surface area contributed by atoms with Gasteiger partial charge in [0.05, 0.1) is 38.1 Å². The summed E-state index contributed by atoms with van der Waals surface area (Å²) < 4.78 is 13.9. The van der Waals surface area contributed by atoms with E-state index in [4.69, 9.17) is 14.1 Å². The Morgan fingerprint density at radius 2 is 1.76 bits per heavy atom. The summed E-state index contributed by atoms with van der Waals surface area (Å²) in [5.74, 6) is 0.982. The van der Waals surface area contributed by atoms with Gasteiger partial charge < -0.3 is 24.7 Å². The largest absolute Gasteiger partial charge is 0.443 e. The van der Waals surface area contributed by atoms with Gasteiger partial charge in [0.1, 0.15) is 17.2 Å². The van der Waals surface area contributed by atoms with Crippen LogP contribution in [0.25, 0.3) is 5.65 Å². The molecule has 0 saturated carbocycles. The Morgan fingerprint density at radius 3 is 2.31 bits per heavy atom. The summed E-state index contributed by atoms with van der Waals surface area (Å²) >= 11 is 0. The Kier molecular flexibility index (Phi) is 10.5. The van der Waals surface area contributed by atoms with Crippen molar-refractivity contribution in [3.05, 3.63) is 53.7 Å². The van der Waals surface area contributed by atoms with E-state index in [1.807, 2.05) is 51.1 Å². The van der Waals surface area contributed by atoms with Gasteiger partial charge in [-0.2, -0.15) is 9.61 Å². The molecule has 0 spiro atoms. The maximum atomic E-state index is 13.7. The van der Waals surface area contributed by atoms with Crippen molar-refractivity contribution >= 4 is 31.7 Å². The van der Waals surface area contributed by atoms with Crippen LogP contribution in [0, 0.1) is 0 Å². The minimum absolute atomic E-state index is 0.0266. The number of hydrogen-bond donors (Lipinski definition) is 3. The molecule has 42 heavy (non-hydrogen) atoms. The third-order valence-corrected chi connectivity index (χ3v) is 12.1. The Balaban J connectivity index is 2.13. The van der Waals surface area contributed by atoms with E-state index in [9.17, 15) is 15.0 Å². The van der Waals surface area contributed by atoms with Gasteiger partial charge in [-0.05, 0) is 50.4 Å². The van der Waals surface area contributed by atoms with Gasteiger partial charge in [0.15, 0.2) is 14.0 Å². The Hall–Kier alpha value is -2.99. The van der Waals surface area contributed by atoms with Crippen LogP contribution in [0.5, 0.6) is 0 Å². The smallest absolute Gasteiger partial charge is 0.416 e. The number of amides is 1. The molecule has 1 amide bonds. The predicted octanol–water partition coefficient (Wildman–Crippen LogP) is 5.95. The Morgan fingerprint density at radius 1 is 1.12 bits per heavy atom. The van der Waals surface area contributed by atoms with Crippen molar-refractivity contribution in [3.8, 4) is 0 Å². The van der Waals surface area contributed by atoms with E-state index in [0.717, 1.165) is 11.1 Å². The van der Waals surface area contributed by atoms with Crippen LogP contribution >= 0.6 is 0 Å². The summed E-state index contributed by atoms with van der Waals surface area (Å²) in [4.78, 5) is 20.1. The fourth-order valence-corrected chi connectivity index (χ4v) is 5.07. The van der Waals surface area contributed by atoms with E-state index in [1.54, 1.807) is 21.7 Å². The molecule has 2 aromatic heterocycles. The molecule has 0 aliphatic carbocycles. The lowest BCUT2D eigenvalue weighted by Crippen LogP contribution is -2.47. The van der Waals surface area contributed by atoms with Gasteiger partial charge in [-0.25, -0.2) is 9.78 Å². The molecule has 0 bridgehead atoms. The van der Waals surface area contributed by atoms with Gasteiger partial charge in [-0.15, -0.1) is 0 Å². The Labute approximate surface area is 251 Å². The predicted molar refractivity (Wildman–Crippen MR) is 170 cm³/mol. The van der Waals surface area contributed by atoms with Gasteiger partial charge in [-0.1, -0.05) is 65.0 Å². The van der Waals surface area contributed by atoms with Crippen molar-refractivity contribution < 1.29 is 24.2 Å². The van der Waals surface area contributed by atoms with E-state index < -0.39 is 38.8 Å². The van der Waals surface area contributed by atoms with E-state index in [2.05, 4.69) is 58.1 Å². The first-order chi connectivity index (χ1) is 19.4. The number of aromatic nitrogens is 3. The number of anilines is 2. The second-order valence-electron chi connectivity index (χ2n) is 13.6. The first-order valence-electron chi connectivity index (χ1n) is 14.6. The number of rotatable bonds is 11. The molecule has 2 heterocycles. The number of nitrogens with one attached hydrogen (secondary N) is 1. The van der Waals surface area contributed by atoms with Crippen LogP contribution in [-0.4, -0.2) is 70.2 Å². The molecule has 11 heteroatoms. The standard InChI is InChI=1S/C31H49N5O5Si/c1-21(2)23-17-32-36-27(35(29(39)41-30(3,4)5)18-22-14-12-11-13-15-22)16-26(34-28(23)36)33-24(25(38)19-37)20-40-42(9,10)31(6,7)8/h11-17,21,24-25,37-38H,18-20H2,1-10H3,(H,33,34)/t24-,25+/m0/s1. The third kappa shape index (κ3) is 8.31. The van der Waals surface area contributed by atoms with Crippen LogP contribution in [0.15, 0.2) is 42.6 Å². The van der Waals surface area contributed by atoms with Crippen LogP contribution in [0.2, 0.25) is 18.1 Å². The van der Waals surface area contributed by atoms with Crippen molar-refractivity contribution in [2.24, 2.45) is 0 Å². The molecule has 0 saturated heterocycles. The lowest BCUT2D eigenvalue weighted by atomic mass is 10.1. The summed E-state index contributed by atoms with van der Waals surface area (Å²) in [7, 11) is -2.15. The summed E-state index contributed by atoms with van der Waals surface area (Å²) in [6, 6.07) is 10.7. The SMILES string of the molecule is CC(C)c1cnn2c(N(Cc3ccccc3)C(=O)OC(C)(C)C)cc(N[C@@H](CO[Si](C)(C)C(C)(C)C)[C@H](O)CO)nc12. The highest BCUT2D eigenvalue weighted by Gasteiger charge is 2.38. The first kappa shape index (κ1) is 33.5. The zero-order valence-electron chi connectivity index (χ0n) is 26.8. The van der Waals surface area contributed by atoms with Gasteiger partial charge in [0.2, 0.25) is 0 Å². The number of benzene rings is 1. The van der Waals surface area contributed by atoms with Gasteiger partial charge in [-0.3, -0.25) is 4.90 Å². The number of nitrogens with zero attached hydrogens (tertiary/aromatic N) is 4. The lowest BCUT2D eigenvalue weighted by molar-refractivity contribution is 0.0575. The molecule has 0 fully saturated rings. The molecule has 10 nitrogen and oxygen atoms in total. The number of carbonyl (C=O) groups is 1. The number of carbonyl (C=O) groups excluding carboxylic acids is 1. The maximum absolute atomic E-state index is 13.7. The van der Waals surface area contributed by atoms with Gasteiger partial charge in [0.25, 0.3) is 0 Å². The average molecular weight is 600 g/mol. The fourth-order valence-electron chi connectivity index (χ4n) is 4.04. The molecule has 3 N–H and O–H groups in total. The van der Waals surface area contributed by atoms with Crippen molar-refractivity contribution in [1.29, 1.82) is 0 Å². The third-order valence-electron chi connectivity index (χ3n) is 7.59. The summed E-state index contributed by atoms with van der Waals surface area (Å²) in [5.41, 5.74) is 1.68. The minimum atomic E-state index is -2.15. The molecule has 232 valence electrons. The van der Waals surface area contributed by atoms with E-state index >= 15 is 0 Å². The van der Waals surface area contributed by atoms with E-state index in [0.29, 0.717) is 17.3 Å². The van der Waals surface area contributed by atoms with Crippen LogP contribution in [0.4, 0.5) is 16.4 Å². The van der Waals surface area contributed by atoms with Crippen molar-refractivity contribution in [1.82, 2.24) is 14.6 Å². The van der Waals surface area contributed by atoms with Gasteiger partial charge >= 0.3 is 6.09 Å². The summed E-state index contributed by atoms with van der Waals surface area (Å²) in [6.07, 6.45) is 0.132. The molecule has 3 rings (SSSR count). The lowest BCUT2D eigenvalue weighted by Gasteiger charge is -2.38. The van der Waals surface area contributed by atoms with Crippen molar-refractivity contribution in [3.63, 3.8) is 0 Å². The highest BCUT2D eigenvalue weighted by molar-refractivity contribution is 6.74. The number of ether oxygens (including phenoxy) is 1. The molecular weight excluding hydrogens is 550 g/mol. The molecule has 0 aliphatic rings. The summed E-state index contributed by atoms with van der Waals surface area (Å²) in [6.45, 7) is 20.3. The van der Waals surface area contributed by atoms with Crippen LogP contribution in [0.1, 0.15) is 72.4 Å². The first-order valence-corrected chi connectivity index (χ1v) is 17.5. The number of aliphatic hydroxyl groups excluding tert-OH is 2. The molecular formula is C31H49N5O5Si. The van der Waals surface area contributed by atoms with E-state index in [1.165, 1.54) is 0 Å². The number of hydrogen-bond acceptors (Lipinski definition) is 8. The molecule has 0 aliphatic heterocycles. The average Bonchev–Trinajstić information content (AvgIpc) is 3.32. The fraction of sp³-hybridized carbons (Fsp3) is 0.581. The maximum Gasteiger partial charge on any atom is 0.416 e.